The van der Waals surface area contributed by atoms with E-state index >= 15 is 0 Å². The predicted octanol–water partition coefficient (Wildman–Crippen LogP) is 9.52. The van der Waals surface area contributed by atoms with Crippen molar-refractivity contribution in [2.75, 3.05) is 6.61 Å². The van der Waals surface area contributed by atoms with Gasteiger partial charge in [0, 0.05) is 5.56 Å². The topological polar surface area (TPSA) is 9.23 Å². The number of allylic oxidation sites excluding steroid dienone is 4. The summed E-state index contributed by atoms with van der Waals surface area (Å²) >= 11 is 0. The highest BCUT2D eigenvalue weighted by atomic mass is 19.2. The Morgan fingerprint density at radius 2 is 1.50 bits per heavy atom. The fourth-order valence-corrected chi connectivity index (χ4v) is 6.91. The lowest BCUT2D eigenvalue weighted by Crippen LogP contribution is -2.28. The van der Waals surface area contributed by atoms with Crippen LogP contribution < -0.4 is 4.74 Å². The zero-order chi connectivity index (χ0) is 23.9. The molecule has 1 aromatic carbocycles. The maximum Gasteiger partial charge on any atom is 0.201 e. The van der Waals surface area contributed by atoms with Crippen LogP contribution in [-0.2, 0) is 0 Å². The van der Waals surface area contributed by atoms with Gasteiger partial charge < -0.3 is 4.74 Å². The van der Waals surface area contributed by atoms with Gasteiger partial charge in [-0.3, -0.25) is 0 Å². The van der Waals surface area contributed by atoms with Gasteiger partial charge in [0.25, 0.3) is 0 Å². The highest BCUT2D eigenvalue weighted by molar-refractivity contribution is 5.67. The minimum Gasteiger partial charge on any atom is -0.490 e. The first-order chi connectivity index (χ1) is 16.6. The van der Waals surface area contributed by atoms with Crippen molar-refractivity contribution in [2.24, 2.45) is 29.6 Å². The third kappa shape index (κ3) is 6.13. The summed E-state index contributed by atoms with van der Waals surface area (Å²) in [4.78, 5) is 0. The van der Waals surface area contributed by atoms with E-state index in [9.17, 15) is 8.78 Å². The van der Waals surface area contributed by atoms with E-state index in [0.29, 0.717) is 18.1 Å². The summed E-state index contributed by atoms with van der Waals surface area (Å²) < 4.78 is 34.8. The second kappa shape index (κ2) is 12.4. The molecular weight excluding hydrogens is 426 g/mol. The Bertz CT molecular complexity index is 841. The van der Waals surface area contributed by atoms with Gasteiger partial charge in [-0.15, -0.1) is 0 Å². The maximum absolute atomic E-state index is 14.8. The summed E-state index contributed by atoms with van der Waals surface area (Å²) in [7, 11) is 0. The SMILES string of the molecule is C/C=C/C1CCC(C2CCC(C3CC=C(c4ccc(OCCCC)c(F)c4F)CC3)CC2)CC1. The molecular formula is C31H44F2O. The van der Waals surface area contributed by atoms with Gasteiger partial charge in [0.05, 0.1) is 6.61 Å². The normalized spacial score (nSPS) is 30.4. The van der Waals surface area contributed by atoms with Crippen molar-refractivity contribution < 1.29 is 13.5 Å². The van der Waals surface area contributed by atoms with Crippen molar-refractivity contribution in [2.45, 2.75) is 97.3 Å². The Kier molecular flexibility index (Phi) is 9.25. The number of halogens is 2. The molecule has 3 aliphatic rings. The Labute approximate surface area is 206 Å². The Hall–Kier alpha value is -1.64. The molecule has 1 aromatic rings. The van der Waals surface area contributed by atoms with Crippen molar-refractivity contribution in [3.63, 3.8) is 0 Å². The Morgan fingerprint density at radius 1 is 0.853 bits per heavy atom. The molecule has 0 radical (unpaired) electrons. The van der Waals surface area contributed by atoms with Gasteiger partial charge in [0.1, 0.15) is 0 Å². The molecule has 0 spiro atoms. The molecule has 188 valence electrons. The van der Waals surface area contributed by atoms with Crippen LogP contribution in [0.4, 0.5) is 8.78 Å². The van der Waals surface area contributed by atoms with Crippen LogP contribution in [0.5, 0.6) is 5.75 Å². The second-order valence-corrected chi connectivity index (χ2v) is 11.1. The number of hydrogen-bond donors (Lipinski definition) is 0. The largest absolute Gasteiger partial charge is 0.490 e. The number of unbranched alkanes of at least 4 members (excludes halogenated alkanes) is 1. The van der Waals surface area contributed by atoms with Crippen LogP contribution in [0.1, 0.15) is 103 Å². The third-order valence-corrected chi connectivity index (χ3v) is 9.03. The van der Waals surface area contributed by atoms with E-state index in [1.807, 2.05) is 0 Å². The fourth-order valence-electron chi connectivity index (χ4n) is 6.91. The van der Waals surface area contributed by atoms with E-state index in [-0.39, 0.29) is 5.75 Å². The first kappa shape index (κ1) is 25.5. The van der Waals surface area contributed by atoms with Crippen molar-refractivity contribution in [1.82, 2.24) is 0 Å². The van der Waals surface area contributed by atoms with Crippen LogP contribution in [0.2, 0.25) is 0 Å². The fraction of sp³-hybridized carbons (Fsp3) is 0.677. The molecule has 0 aliphatic heterocycles. The summed E-state index contributed by atoms with van der Waals surface area (Å²) in [6.07, 6.45) is 22.7. The van der Waals surface area contributed by atoms with E-state index in [2.05, 4.69) is 32.1 Å². The van der Waals surface area contributed by atoms with E-state index in [0.717, 1.165) is 61.3 Å². The van der Waals surface area contributed by atoms with Crippen LogP contribution in [-0.4, -0.2) is 6.61 Å². The zero-order valence-electron chi connectivity index (χ0n) is 21.3. The van der Waals surface area contributed by atoms with Crippen molar-refractivity contribution in [3.05, 3.63) is 47.6 Å². The lowest BCUT2D eigenvalue weighted by atomic mass is 9.66. The van der Waals surface area contributed by atoms with Gasteiger partial charge in [-0.2, -0.15) is 4.39 Å². The number of hydrogen-bond acceptors (Lipinski definition) is 1. The summed E-state index contributed by atoms with van der Waals surface area (Å²) in [5, 5.41) is 0. The molecule has 0 heterocycles. The molecule has 1 unspecified atom stereocenters. The van der Waals surface area contributed by atoms with E-state index in [1.165, 1.54) is 51.4 Å². The van der Waals surface area contributed by atoms with Gasteiger partial charge in [-0.25, -0.2) is 4.39 Å². The minimum atomic E-state index is -0.838. The molecule has 0 saturated heterocycles. The lowest BCUT2D eigenvalue weighted by molar-refractivity contribution is 0.128. The average molecular weight is 471 g/mol. The third-order valence-electron chi connectivity index (χ3n) is 9.03. The zero-order valence-corrected chi connectivity index (χ0v) is 21.3. The lowest BCUT2D eigenvalue weighted by Gasteiger charge is -2.40. The predicted molar refractivity (Wildman–Crippen MR) is 138 cm³/mol. The molecule has 4 rings (SSSR count). The van der Waals surface area contributed by atoms with E-state index < -0.39 is 11.6 Å². The van der Waals surface area contributed by atoms with E-state index in [4.69, 9.17) is 4.74 Å². The molecule has 34 heavy (non-hydrogen) atoms. The van der Waals surface area contributed by atoms with Crippen LogP contribution in [0.25, 0.3) is 5.57 Å². The molecule has 0 N–H and O–H groups in total. The van der Waals surface area contributed by atoms with Gasteiger partial charge in [-0.05, 0) is 131 Å². The first-order valence-corrected chi connectivity index (χ1v) is 14.0. The standard InChI is InChI=1S/C31H44F2O/c1-3-5-21-34-29-20-19-28(30(32)31(29)33)27-17-15-26(16-18-27)25-13-11-24(12-14-25)23-9-7-22(6-4-2)8-10-23/h4,6,17,19-20,22-26H,3,5,7-16,18,21H2,1-2H3/b6-4+. The number of benzene rings is 1. The van der Waals surface area contributed by atoms with Crippen LogP contribution in [0.3, 0.4) is 0 Å². The average Bonchev–Trinajstić information content (AvgIpc) is 2.88. The number of ether oxygens (including phenoxy) is 1. The van der Waals surface area contributed by atoms with Crippen molar-refractivity contribution in [3.8, 4) is 5.75 Å². The minimum absolute atomic E-state index is 0.0380. The van der Waals surface area contributed by atoms with E-state index in [1.54, 1.807) is 12.1 Å². The first-order valence-electron chi connectivity index (χ1n) is 14.0. The monoisotopic (exact) mass is 470 g/mol. The summed E-state index contributed by atoms with van der Waals surface area (Å²) in [6.45, 7) is 4.62. The Balaban J connectivity index is 1.27. The molecule has 2 saturated carbocycles. The second-order valence-electron chi connectivity index (χ2n) is 11.1. The quantitative estimate of drug-likeness (QED) is 0.271. The maximum atomic E-state index is 14.8. The van der Waals surface area contributed by atoms with Crippen molar-refractivity contribution >= 4 is 5.57 Å². The summed E-state index contributed by atoms with van der Waals surface area (Å²) in [6, 6.07) is 3.31. The van der Waals surface area contributed by atoms with Gasteiger partial charge in [0.2, 0.25) is 5.82 Å². The highest BCUT2D eigenvalue weighted by Crippen LogP contribution is 2.46. The van der Waals surface area contributed by atoms with Crippen molar-refractivity contribution in [1.29, 1.82) is 0 Å². The highest BCUT2D eigenvalue weighted by Gasteiger charge is 2.33. The van der Waals surface area contributed by atoms with Crippen LogP contribution in [0, 0.1) is 41.2 Å². The summed E-state index contributed by atoms with van der Waals surface area (Å²) in [5.41, 5.74) is 1.40. The van der Waals surface area contributed by atoms with Gasteiger partial charge in [0.15, 0.2) is 11.6 Å². The smallest absolute Gasteiger partial charge is 0.201 e. The molecule has 2 fully saturated rings. The molecule has 0 aromatic heterocycles. The van der Waals surface area contributed by atoms with Crippen LogP contribution >= 0.6 is 0 Å². The van der Waals surface area contributed by atoms with Gasteiger partial charge >= 0.3 is 0 Å². The number of rotatable bonds is 8. The summed E-state index contributed by atoms with van der Waals surface area (Å²) in [5.74, 6) is 2.68. The molecule has 1 atom stereocenters. The molecule has 0 bridgehead atoms. The molecule has 3 aliphatic carbocycles. The molecule has 3 heteroatoms. The molecule has 1 nitrogen and oxygen atoms in total. The Morgan fingerprint density at radius 3 is 2.09 bits per heavy atom. The van der Waals surface area contributed by atoms with Crippen LogP contribution in [0.15, 0.2) is 30.4 Å². The van der Waals surface area contributed by atoms with Gasteiger partial charge in [-0.1, -0.05) is 31.6 Å². The molecule has 0 amide bonds.